The predicted octanol–water partition coefficient (Wildman–Crippen LogP) is 5.96. The molecule has 5 nitrogen and oxygen atoms in total. The number of para-hydroxylation sites is 1. The molecule has 1 aromatic heterocycles. The molecule has 4 aromatic rings. The third kappa shape index (κ3) is 4.65. The van der Waals surface area contributed by atoms with Crippen LogP contribution in [-0.4, -0.2) is 24.6 Å². The van der Waals surface area contributed by atoms with E-state index in [2.05, 4.69) is 9.97 Å². The molecule has 33 heavy (non-hydrogen) atoms. The van der Waals surface area contributed by atoms with Crippen LogP contribution >= 0.6 is 0 Å². The van der Waals surface area contributed by atoms with E-state index in [1.54, 1.807) is 0 Å². The monoisotopic (exact) mass is 476 g/mol. The standard InChI is InChI=1S/C23H16F4N2O3S/c1-13-21(29-22-18(23(25,26)27)7-4-8-20(22)28-13)17-10-9-15(12-19(17)24)32-14-5-3-6-16(11-14)33(2,30)31/h3-12H,1-2H3. The SMILES string of the molecule is Cc1nc2cccc(C(F)(F)F)c2nc1-c1ccc(Oc2cccc(S(C)(=O)=O)c2)cc1F. The number of rotatable bonds is 4. The van der Waals surface area contributed by atoms with Crippen LogP contribution in [0.1, 0.15) is 11.3 Å². The van der Waals surface area contributed by atoms with Gasteiger partial charge in [0.2, 0.25) is 0 Å². The second kappa shape index (κ2) is 8.11. The minimum Gasteiger partial charge on any atom is -0.457 e. The lowest BCUT2D eigenvalue weighted by Gasteiger charge is -2.13. The Kier molecular flexibility index (Phi) is 5.57. The van der Waals surface area contributed by atoms with Crippen molar-refractivity contribution in [2.24, 2.45) is 0 Å². The van der Waals surface area contributed by atoms with Crippen LogP contribution in [0, 0.1) is 12.7 Å². The average Bonchev–Trinajstić information content (AvgIpc) is 2.72. The summed E-state index contributed by atoms with van der Waals surface area (Å²) in [6, 6.07) is 13.0. The fourth-order valence-corrected chi connectivity index (χ4v) is 3.96. The van der Waals surface area contributed by atoms with Gasteiger partial charge in [-0.15, -0.1) is 0 Å². The Hall–Kier alpha value is -3.53. The summed E-state index contributed by atoms with van der Waals surface area (Å²) in [5, 5.41) is 0. The molecule has 0 amide bonds. The van der Waals surface area contributed by atoms with Crippen molar-refractivity contribution < 1.29 is 30.7 Å². The molecular weight excluding hydrogens is 460 g/mol. The van der Waals surface area contributed by atoms with Crippen LogP contribution in [0.3, 0.4) is 0 Å². The fourth-order valence-electron chi connectivity index (χ4n) is 3.31. The van der Waals surface area contributed by atoms with Gasteiger partial charge in [0.05, 0.1) is 27.4 Å². The zero-order valence-corrected chi connectivity index (χ0v) is 18.1. The van der Waals surface area contributed by atoms with Crippen LogP contribution in [0.15, 0.2) is 65.6 Å². The predicted molar refractivity (Wildman–Crippen MR) is 114 cm³/mol. The number of nitrogens with zero attached hydrogens (tertiary/aromatic N) is 2. The van der Waals surface area contributed by atoms with Gasteiger partial charge in [-0.25, -0.2) is 22.8 Å². The maximum atomic E-state index is 15.0. The molecular formula is C23H16F4N2O3S. The quantitative estimate of drug-likeness (QED) is 0.340. The van der Waals surface area contributed by atoms with Gasteiger partial charge < -0.3 is 4.74 Å². The molecule has 0 aliphatic carbocycles. The normalized spacial score (nSPS) is 12.2. The van der Waals surface area contributed by atoms with Gasteiger partial charge in [0.25, 0.3) is 0 Å². The number of halogens is 4. The Morgan fingerprint density at radius 2 is 1.61 bits per heavy atom. The molecule has 0 radical (unpaired) electrons. The highest BCUT2D eigenvalue weighted by Crippen LogP contribution is 2.36. The third-order valence-corrected chi connectivity index (χ3v) is 5.95. The first-order valence-corrected chi connectivity index (χ1v) is 11.4. The van der Waals surface area contributed by atoms with Gasteiger partial charge >= 0.3 is 6.18 Å². The van der Waals surface area contributed by atoms with E-state index in [1.165, 1.54) is 55.5 Å². The van der Waals surface area contributed by atoms with Crippen molar-refractivity contribution in [3.8, 4) is 22.8 Å². The molecule has 0 saturated heterocycles. The highest BCUT2D eigenvalue weighted by atomic mass is 32.2. The minimum absolute atomic E-state index is 0.0256. The van der Waals surface area contributed by atoms with Gasteiger partial charge in [0.1, 0.15) is 22.8 Å². The van der Waals surface area contributed by atoms with Gasteiger partial charge in [0.15, 0.2) is 9.84 Å². The van der Waals surface area contributed by atoms with E-state index in [0.717, 1.165) is 18.4 Å². The van der Waals surface area contributed by atoms with E-state index < -0.39 is 27.4 Å². The molecule has 3 aromatic carbocycles. The van der Waals surface area contributed by atoms with Crippen molar-refractivity contribution in [1.29, 1.82) is 0 Å². The summed E-state index contributed by atoms with van der Waals surface area (Å²) in [4.78, 5) is 8.31. The summed E-state index contributed by atoms with van der Waals surface area (Å²) in [6.45, 7) is 1.53. The number of hydrogen-bond acceptors (Lipinski definition) is 5. The van der Waals surface area contributed by atoms with Gasteiger partial charge in [-0.05, 0) is 49.4 Å². The molecule has 0 aliphatic rings. The molecule has 0 fully saturated rings. The van der Waals surface area contributed by atoms with Gasteiger partial charge in [-0.2, -0.15) is 13.2 Å². The van der Waals surface area contributed by atoms with Crippen molar-refractivity contribution in [2.75, 3.05) is 6.26 Å². The number of fused-ring (bicyclic) bond motifs is 1. The molecule has 0 aliphatic heterocycles. The summed E-state index contributed by atoms with van der Waals surface area (Å²) >= 11 is 0. The lowest BCUT2D eigenvalue weighted by atomic mass is 10.1. The Morgan fingerprint density at radius 1 is 0.909 bits per heavy atom. The minimum atomic E-state index is -4.64. The van der Waals surface area contributed by atoms with Crippen LogP contribution < -0.4 is 4.74 Å². The van der Waals surface area contributed by atoms with Gasteiger partial charge in [-0.1, -0.05) is 12.1 Å². The topological polar surface area (TPSA) is 69.2 Å². The Morgan fingerprint density at radius 3 is 2.27 bits per heavy atom. The fraction of sp³-hybridized carbons (Fsp3) is 0.130. The molecule has 0 bridgehead atoms. The highest BCUT2D eigenvalue weighted by molar-refractivity contribution is 7.90. The van der Waals surface area contributed by atoms with Crippen LogP contribution in [0.4, 0.5) is 17.6 Å². The Bertz CT molecular complexity index is 1490. The van der Waals surface area contributed by atoms with Crippen LogP contribution in [0.2, 0.25) is 0 Å². The highest BCUT2D eigenvalue weighted by Gasteiger charge is 2.33. The second-order valence-electron chi connectivity index (χ2n) is 7.32. The lowest BCUT2D eigenvalue weighted by molar-refractivity contribution is -0.136. The molecule has 170 valence electrons. The first kappa shape index (κ1) is 22.7. The Balaban J connectivity index is 1.74. The van der Waals surface area contributed by atoms with Crippen LogP contribution in [0.25, 0.3) is 22.3 Å². The van der Waals surface area contributed by atoms with Crippen molar-refractivity contribution in [3.63, 3.8) is 0 Å². The molecule has 1 heterocycles. The zero-order chi connectivity index (χ0) is 24.0. The summed E-state index contributed by atoms with van der Waals surface area (Å²) in [5.74, 6) is -0.529. The summed E-state index contributed by atoms with van der Waals surface area (Å²) in [6.07, 6.45) is -3.59. The van der Waals surface area contributed by atoms with Crippen molar-refractivity contribution in [2.45, 2.75) is 18.0 Å². The molecule has 0 spiro atoms. The maximum absolute atomic E-state index is 15.0. The van der Waals surface area contributed by atoms with Gasteiger partial charge in [-0.3, -0.25) is 0 Å². The number of aryl methyl sites for hydroxylation is 1. The molecule has 10 heteroatoms. The number of alkyl halides is 3. The number of benzene rings is 3. The third-order valence-electron chi connectivity index (χ3n) is 4.84. The number of ether oxygens (including phenoxy) is 1. The van der Waals surface area contributed by atoms with Crippen LogP contribution in [0.5, 0.6) is 11.5 Å². The maximum Gasteiger partial charge on any atom is 0.418 e. The smallest absolute Gasteiger partial charge is 0.418 e. The van der Waals surface area contributed by atoms with E-state index in [1.807, 2.05) is 0 Å². The van der Waals surface area contributed by atoms with Crippen molar-refractivity contribution in [1.82, 2.24) is 9.97 Å². The molecule has 0 atom stereocenters. The van der Waals surface area contributed by atoms with Crippen molar-refractivity contribution >= 4 is 20.9 Å². The molecule has 0 N–H and O–H groups in total. The van der Waals surface area contributed by atoms with Crippen LogP contribution in [-0.2, 0) is 16.0 Å². The largest absolute Gasteiger partial charge is 0.457 e. The number of sulfone groups is 1. The first-order chi connectivity index (χ1) is 15.4. The lowest BCUT2D eigenvalue weighted by Crippen LogP contribution is -2.08. The molecule has 0 saturated carbocycles. The van der Waals surface area contributed by atoms with E-state index >= 15 is 0 Å². The van der Waals surface area contributed by atoms with E-state index in [9.17, 15) is 26.0 Å². The van der Waals surface area contributed by atoms with Crippen molar-refractivity contribution in [3.05, 3.63) is 77.7 Å². The van der Waals surface area contributed by atoms with E-state index in [-0.39, 0.29) is 44.4 Å². The molecule has 0 unspecified atom stereocenters. The zero-order valence-electron chi connectivity index (χ0n) is 17.3. The summed E-state index contributed by atoms with van der Waals surface area (Å²) in [5.41, 5.74) is -1.09. The first-order valence-electron chi connectivity index (χ1n) is 9.56. The second-order valence-corrected chi connectivity index (χ2v) is 9.34. The number of hydrogen-bond donors (Lipinski definition) is 0. The van der Waals surface area contributed by atoms with Gasteiger partial charge in [0, 0.05) is 17.9 Å². The average molecular weight is 476 g/mol. The van der Waals surface area contributed by atoms with E-state index in [4.69, 9.17) is 4.74 Å². The van der Waals surface area contributed by atoms with E-state index in [0.29, 0.717) is 0 Å². The Labute approximate surface area is 186 Å². The molecule has 4 rings (SSSR count). The summed E-state index contributed by atoms with van der Waals surface area (Å²) in [7, 11) is -3.45. The number of aromatic nitrogens is 2. The summed E-state index contributed by atoms with van der Waals surface area (Å²) < 4.78 is 84.1.